The first-order valence-electron chi connectivity index (χ1n) is 11.2. The van der Waals surface area contributed by atoms with Crippen LogP contribution in [0.4, 0.5) is 0 Å². The minimum atomic E-state index is -0.111. The van der Waals surface area contributed by atoms with Gasteiger partial charge in [0.05, 0.1) is 0 Å². The molecule has 29 heavy (non-hydrogen) atoms. The van der Waals surface area contributed by atoms with Gasteiger partial charge in [-0.1, -0.05) is 49.4 Å². The van der Waals surface area contributed by atoms with E-state index in [1.807, 2.05) is 42.5 Å². The molecule has 0 spiro atoms. The van der Waals surface area contributed by atoms with Gasteiger partial charge in [-0.15, -0.1) is 0 Å². The summed E-state index contributed by atoms with van der Waals surface area (Å²) >= 11 is 0. The molecule has 4 fully saturated rings. The third kappa shape index (κ3) is 3.52. The lowest BCUT2D eigenvalue weighted by Crippen LogP contribution is -2.50. The summed E-state index contributed by atoms with van der Waals surface area (Å²) in [6.45, 7) is 2.19. The van der Waals surface area contributed by atoms with Crippen molar-refractivity contribution in [3.63, 3.8) is 0 Å². The molecule has 4 saturated carbocycles. The fourth-order valence-electron chi connectivity index (χ4n) is 6.66. The maximum absolute atomic E-state index is 12.7. The summed E-state index contributed by atoms with van der Waals surface area (Å²) in [7, 11) is 0. The first kappa shape index (κ1) is 18.6. The number of rotatable bonds is 5. The number of hydrogen-bond donors (Lipinski definition) is 1. The second-order valence-corrected chi connectivity index (χ2v) is 9.49. The minimum absolute atomic E-state index is 0.111. The zero-order valence-electron chi connectivity index (χ0n) is 17.2. The van der Waals surface area contributed by atoms with Crippen molar-refractivity contribution in [2.75, 3.05) is 0 Å². The number of benzene rings is 2. The Morgan fingerprint density at radius 1 is 0.897 bits per heavy atom. The number of carbonyl (C=O) groups is 1. The number of nitrogens with one attached hydrogen (secondary N) is 1. The Hall–Kier alpha value is -2.42. The lowest BCUT2D eigenvalue weighted by molar-refractivity contribution is -0.0134. The lowest BCUT2D eigenvalue weighted by atomic mass is 9.48. The zero-order valence-corrected chi connectivity index (χ0v) is 17.2. The maximum Gasteiger partial charge on any atom is 0.271 e. The van der Waals surface area contributed by atoms with Crippen LogP contribution in [0.15, 0.2) is 59.7 Å². The molecule has 0 aromatic heterocycles. The van der Waals surface area contributed by atoms with Crippen molar-refractivity contribution in [1.82, 2.24) is 5.43 Å². The summed E-state index contributed by atoms with van der Waals surface area (Å²) in [6, 6.07) is 18.0. The van der Waals surface area contributed by atoms with Gasteiger partial charge in [0.25, 0.3) is 5.91 Å². The third-order valence-corrected chi connectivity index (χ3v) is 7.53. The average Bonchev–Trinajstić information content (AvgIpc) is 2.74. The zero-order chi connectivity index (χ0) is 19.8. The van der Waals surface area contributed by atoms with Crippen LogP contribution < -0.4 is 5.43 Å². The molecule has 4 bridgehead atoms. The van der Waals surface area contributed by atoms with Crippen LogP contribution in [0.2, 0.25) is 0 Å². The molecule has 2 aromatic rings. The Morgan fingerprint density at radius 3 is 2.00 bits per heavy atom. The summed E-state index contributed by atoms with van der Waals surface area (Å²) in [5.74, 6) is 2.55. The van der Waals surface area contributed by atoms with E-state index in [1.54, 1.807) is 0 Å². The van der Waals surface area contributed by atoms with E-state index in [1.165, 1.54) is 44.2 Å². The number of carbonyl (C=O) groups excluding carboxylic acids is 1. The van der Waals surface area contributed by atoms with E-state index in [0.29, 0.717) is 5.56 Å². The monoisotopic (exact) mass is 386 g/mol. The van der Waals surface area contributed by atoms with Gasteiger partial charge in [-0.3, -0.25) is 4.79 Å². The first-order valence-corrected chi connectivity index (χ1v) is 11.2. The molecule has 0 unspecified atom stereocenters. The highest BCUT2D eigenvalue weighted by Crippen LogP contribution is 2.60. The smallest absolute Gasteiger partial charge is 0.267 e. The molecule has 0 radical (unpaired) electrons. The van der Waals surface area contributed by atoms with E-state index < -0.39 is 0 Å². The summed E-state index contributed by atoms with van der Waals surface area (Å²) in [6.07, 6.45) is 9.07. The number of amides is 1. The Labute approximate surface area is 173 Å². The van der Waals surface area contributed by atoms with Gasteiger partial charge < -0.3 is 0 Å². The summed E-state index contributed by atoms with van der Waals surface area (Å²) in [5, 5.41) is 4.71. The molecule has 1 N–H and O–H groups in total. The van der Waals surface area contributed by atoms with Crippen molar-refractivity contribution in [1.29, 1.82) is 0 Å². The quantitative estimate of drug-likeness (QED) is 0.492. The Kier molecular flexibility index (Phi) is 4.77. The van der Waals surface area contributed by atoms with Gasteiger partial charge in [0, 0.05) is 16.7 Å². The second kappa shape index (κ2) is 7.44. The van der Waals surface area contributed by atoms with Gasteiger partial charge in [-0.2, -0.15) is 5.10 Å². The van der Waals surface area contributed by atoms with Crippen LogP contribution >= 0.6 is 0 Å². The molecule has 6 rings (SSSR count). The van der Waals surface area contributed by atoms with Crippen LogP contribution in [0.25, 0.3) is 11.1 Å². The summed E-state index contributed by atoms with van der Waals surface area (Å²) < 4.78 is 0. The highest BCUT2D eigenvalue weighted by molar-refractivity contribution is 5.97. The highest BCUT2D eigenvalue weighted by Gasteiger charge is 2.52. The van der Waals surface area contributed by atoms with Crippen molar-refractivity contribution in [2.24, 2.45) is 28.3 Å². The van der Waals surface area contributed by atoms with Crippen LogP contribution in [0.3, 0.4) is 0 Å². The second-order valence-electron chi connectivity index (χ2n) is 9.49. The third-order valence-electron chi connectivity index (χ3n) is 7.53. The summed E-state index contributed by atoms with van der Waals surface area (Å²) in [5.41, 5.74) is 7.31. The molecule has 0 heterocycles. The van der Waals surface area contributed by atoms with Gasteiger partial charge in [0.1, 0.15) is 0 Å². The topological polar surface area (TPSA) is 41.5 Å². The molecule has 4 aliphatic carbocycles. The van der Waals surface area contributed by atoms with E-state index in [0.717, 1.165) is 35.3 Å². The molecular formula is C26H30N2O. The van der Waals surface area contributed by atoms with Gasteiger partial charge >= 0.3 is 0 Å². The van der Waals surface area contributed by atoms with E-state index in [2.05, 4.69) is 24.5 Å². The number of hydrazone groups is 1. The van der Waals surface area contributed by atoms with Gasteiger partial charge in [-0.25, -0.2) is 5.43 Å². The van der Waals surface area contributed by atoms with E-state index in [9.17, 15) is 4.79 Å². The van der Waals surface area contributed by atoms with Crippen molar-refractivity contribution in [2.45, 2.75) is 51.9 Å². The standard InChI is InChI=1S/C26H30N2O/c1-2-24(26-15-18-12-19(16-26)14-20(13-18)17-26)27-28-25(29)23-10-8-22(9-11-23)21-6-4-3-5-7-21/h3-11,18-20H,2,12-17H2,1H3,(H,28,29)/b27-24-. The van der Waals surface area contributed by atoms with E-state index >= 15 is 0 Å². The van der Waals surface area contributed by atoms with Crippen LogP contribution in [-0.2, 0) is 0 Å². The molecule has 4 aliphatic rings. The predicted octanol–water partition coefficient (Wildman–Crippen LogP) is 6.07. The molecule has 150 valence electrons. The Balaban J connectivity index is 1.30. The van der Waals surface area contributed by atoms with Gasteiger partial charge in [-0.05, 0) is 86.0 Å². The molecule has 2 aromatic carbocycles. The van der Waals surface area contributed by atoms with Crippen LogP contribution in [0.1, 0.15) is 62.2 Å². The highest BCUT2D eigenvalue weighted by atomic mass is 16.2. The molecule has 0 saturated heterocycles. The normalized spacial score (nSPS) is 30.4. The molecular weight excluding hydrogens is 356 g/mol. The average molecular weight is 387 g/mol. The Bertz CT molecular complexity index is 878. The molecule has 1 amide bonds. The molecule has 3 heteroatoms. The Morgan fingerprint density at radius 2 is 1.45 bits per heavy atom. The number of nitrogens with zero attached hydrogens (tertiary/aromatic N) is 1. The SMILES string of the molecule is CC/C(=N/NC(=O)c1ccc(-c2ccccc2)cc1)C12CC3CC(CC(C3)C1)C2. The van der Waals surface area contributed by atoms with Gasteiger partial charge in [0.15, 0.2) is 0 Å². The van der Waals surface area contributed by atoms with Crippen molar-refractivity contribution in [3.05, 3.63) is 60.2 Å². The molecule has 3 nitrogen and oxygen atoms in total. The fraction of sp³-hybridized carbons (Fsp3) is 0.462. The van der Waals surface area contributed by atoms with Gasteiger partial charge in [0.2, 0.25) is 0 Å². The summed E-state index contributed by atoms with van der Waals surface area (Å²) in [4.78, 5) is 12.7. The fourth-order valence-corrected chi connectivity index (χ4v) is 6.66. The van der Waals surface area contributed by atoms with Crippen LogP contribution in [-0.4, -0.2) is 11.6 Å². The van der Waals surface area contributed by atoms with Crippen molar-refractivity contribution >= 4 is 11.6 Å². The first-order chi connectivity index (χ1) is 14.1. The van der Waals surface area contributed by atoms with E-state index in [4.69, 9.17) is 5.10 Å². The predicted molar refractivity (Wildman–Crippen MR) is 118 cm³/mol. The molecule has 0 atom stereocenters. The lowest BCUT2D eigenvalue weighted by Gasteiger charge is -2.57. The largest absolute Gasteiger partial charge is 0.271 e. The minimum Gasteiger partial charge on any atom is -0.267 e. The maximum atomic E-state index is 12.7. The number of hydrogen-bond acceptors (Lipinski definition) is 2. The van der Waals surface area contributed by atoms with E-state index in [-0.39, 0.29) is 11.3 Å². The van der Waals surface area contributed by atoms with Crippen molar-refractivity contribution < 1.29 is 4.79 Å². The van der Waals surface area contributed by atoms with Crippen LogP contribution in [0, 0.1) is 23.2 Å². The van der Waals surface area contributed by atoms with Crippen LogP contribution in [0.5, 0.6) is 0 Å². The van der Waals surface area contributed by atoms with Crippen molar-refractivity contribution in [3.8, 4) is 11.1 Å². The molecule has 0 aliphatic heterocycles.